The molecule has 3 aliphatic heterocycles. The van der Waals surface area contributed by atoms with Gasteiger partial charge in [-0.15, -0.1) is 0 Å². The van der Waals surface area contributed by atoms with E-state index >= 15 is 0 Å². The Bertz CT molecular complexity index is 341. The quantitative estimate of drug-likeness (QED) is 0.862. The van der Waals surface area contributed by atoms with Crippen LogP contribution in [0.5, 0.6) is 0 Å². The highest BCUT2D eigenvalue weighted by Gasteiger charge is 2.34. The maximum Gasteiger partial charge on any atom is 0.105 e. The van der Waals surface area contributed by atoms with Crippen LogP contribution in [0.4, 0.5) is 0 Å². The summed E-state index contributed by atoms with van der Waals surface area (Å²) in [4.78, 5) is 2.59. The predicted molar refractivity (Wildman–Crippen MR) is 68.0 cm³/mol. The lowest BCUT2D eigenvalue weighted by Crippen LogP contribution is -2.57. The van der Waals surface area contributed by atoms with Crippen molar-refractivity contribution in [2.24, 2.45) is 5.92 Å². The summed E-state index contributed by atoms with van der Waals surface area (Å²) in [6, 6.07) is 5.24. The van der Waals surface area contributed by atoms with Crippen LogP contribution in [0.3, 0.4) is 0 Å². The van der Waals surface area contributed by atoms with Gasteiger partial charge in [0.1, 0.15) is 5.76 Å². The zero-order chi connectivity index (χ0) is 11.7. The van der Waals surface area contributed by atoms with Gasteiger partial charge in [-0.05, 0) is 50.9 Å². The van der Waals surface area contributed by atoms with Crippen molar-refractivity contribution in [3.05, 3.63) is 24.2 Å². The van der Waals surface area contributed by atoms with E-state index in [1.165, 1.54) is 32.5 Å². The second kappa shape index (κ2) is 4.83. The number of nitrogens with zero attached hydrogens (tertiary/aromatic N) is 1. The Morgan fingerprint density at radius 3 is 2.88 bits per heavy atom. The SMILES string of the molecule is CC(Cc1ccco1)NC1CN2CCC1CC2. The van der Waals surface area contributed by atoms with Gasteiger partial charge in [-0.3, -0.25) is 0 Å². The van der Waals surface area contributed by atoms with Crippen LogP contribution in [0.2, 0.25) is 0 Å². The van der Waals surface area contributed by atoms with Gasteiger partial charge >= 0.3 is 0 Å². The summed E-state index contributed by atoms with van der Waals surface area (Å²) in [6.45, 7) is 6.14. The van der Waals surface area contributed by atoms with Crippen LogP contribution >= 0.6 is 0 Å². The molecule has 1 N–H and O–H groups in total. The first-order chi connectivity index (χ1) is 8.31. The summed E-state index contributed by atoms with van der Waals surface area (Å²) in [5.41, 5.74) is 0. The lowest BCUT2D eigenvalue weighted by atomic mass is 9.83. The van der Waals surface area contributed by atoms with Crippen LogP contribution in [0.1, 0.15) is 25.5 Å². The lowest BCUT2D eigenvalue weighted by Gasteiger charge is -2.46. The summed E-state index contributed by atoms with van der Waals surface area (Å²) >= 11 is 0. The molecule has 3 saturated heterocycles. The first kappa shape index (κ1) is 11.3. The number of nitrogens with one attached hydrogen (secondary N) is 1. The molecule has 4 rings (SSSR count). The van der Waals surface area contributed by atoms with Crippen LogP contribution in [-0.2, 0) is 6.42 Å². The molecule has 4 heterocycles. The monoisotopic (exact) mass is 234 g/mol. The Balaban J connectivity index is 1.53. The average Bonchev–Trinajstić information content (AvgIpc) is 2.83. The number of fused-ring (bicyclic) bond motifs is 3. The molecule has 1 aromatic rings. The molecule has 2 bridgehead atoms. The highest BCUT2D eigenvalue weighted by molar-refractivity contribution is 5.01. The largest absolute Gasteiger partial charge is 0.469 e. The molecule has 3 nitrogen and oxygen atoms in total. The van der Waals surface area contributed by atoms with Crippen LogP contribution < -0.4 is 5.32 Å². The van der Waals surface area contributed by atoms with E-state index in [9.17, 15) is 0 Å². The maximum absolute atomic E-state index is 5.40. The summed E-state index contributed by atoms with van der Waals surface area (Å²) in [7, 11) is 0. The van der Waals surface area contributed by atoms with Crippen molar-refractivity contribution in [2.45, 2.75) is 38.3 Å². The van der Waals surface area contributed by atoms with E-state index in [-0.39, 0.29) is 0 Å². The van der Waals surface area contributed by atoms with E-state index in [2.05, 4.69) is 23.2 Å². The molecule has 3 aliphatic rings. The van der Waals surface area contributed by atoms with Crippen molar-refractivity contribution < 1.29 is 4.42 Å². The highest BCUT2D eigenvalue weighted by Crippen LogP contribution is 2.27. The molecule has 0 radical (unpaired) electrons. The minimum absolute atomic E-state index is 0.506. The van der Waals surface area contributed by atoms with Crippen LogP contribution in [0.15, 0.2) is 22.8 Å². The normalized spacial score (nSPS) is 33.8. The van der Waals surface area contributed by atoms with Crippen molar-refractivity contribution >= 4 is 0 Å². The molecule has 2 atom stereocenters. The van der Waals surface area contributed by atoms with Gasteiger partial charge in [0.2, 0.25) is 0 Å². The third-order valence-electron chi connectivity index (χ3n) is 4.24. The van der Waals surface area contributed by atoms with Crippen molar-refractivity contribution in [1.29, 1.82) is 0 Å². The molecule has 0 saturated carbocycles. The van der Waals surface area contributed by atoms with Gasteiger partial charge in [-0.1, -0.05) is 0 Å². The van der Waals surface area contributed by atoms with Crippen molar-refractivity contribution in [1.82, 2.24) is 10.2 Å². The number of furan rings is 1. The zero-order valence-corrected chi connectivity index (χ0v) is 10.6. The summed E-state index contributed by atoms with van der Waals surface area (Å²) < 4.78 is 5.40. The van der Waals surface area contributed by atoms with Gasteiger partial charge in [0.05, 0.1) is 6.26 Å². The van der Waals surface area contributed by atoms with E-state index in [4.69, 9.17) is 4.42 Å². The van der Waals surface area contributed by atoms with Gasteiger partial charge in [0.15, 0.2) is 0 Å². The predicted octanol–water partition coefficient (Wildman–Crippen LogP) is 1.89. The standard InChI is InChI=1S/C14H22N2O/c1-11(9-13-3-2-8-17-13)15-14-10-16-6-4-12(14)5-7-16/h2-3,8,11-12,14-15H,4-7,9-10H2,1H3. The molecule has 0 amide bonds. The van der Waals surface area contributed by atoms with Crippen molar-refractivity contribution in [3.63, 3.8) is 0 Å². The topological polar surface area (TPSA) is 28.4 Å². The van der Waals surface area contributed by atoms with Gasteiger partial charge < -0.3 is 14.6 Å². The summed E-state index contributed by atoms with van der Waals surface area (Å²) in [5.74, 6) is 1.99. The Hall–Kier alpha value is -0.800. The smallest absolute Gasteiger partial charge is 0.105 e. The van der Waals surface area contributed by atoms with E-state index < -0.39 is 0 Å². The Kier molecular flexibility index (Phi) is 3.21. The molecule has 0 aliphatic carbocycles. The molecule has 2 unspecified atom stereocenters. The first-order valence-corrected chi connectivity index (χ1v) is 6.82. The van der Waals surface area contributed by atoms with Crippen molar-refractivity contribution in [2.75, 3.05) is 19.6 Å². The molecule has 3 fully saturated rings. The first-order valence-electron chi connectivity index (χ1n) is 6.82. The van der Waals surface area contributed by atoms with E-state index in [1.807, 2.05) is 6.07 Å². The van der Waals surface area contributed by atoms with Gasteiger partial charge in [-0.25, -0.2) is 0 Å². The summed E-state index contributed by atoms with van der Waals surface area (Å²) in [6.07, 6.45) is 5.52. The maximum atomic E-state index is 5.40. The minimum Gasteiger partial charge on any atom is -0.469 e. The molecular weight excluding hydrogens is 212 g/mol. The van der Waals surface area contributed by atoms with E-state index in [0.29, 0.717) is 12.1 Å². The third kappa shape index (κ3) is 2.55. The minimum atomic E-state index is 0.506. The van der Waals surface area contributed by atoms with E-state index in [0.717, 1.165) is 18.1 Å². The van der Waals surface area contributed by atoms with Crippen molar-refractivity contribution in [3.8, 4) is 0 Å². The molecule has 0 aromatic carbocycles. The Morgan fingerprint density at radius 1 is 1.47 bits per heavy atom. The number of hydrogen-bond donors (Lipinski definition) is 1. The second-order valence-corrected chi connectivity index (χ2v) is 5.60. The summed E-state index contributed by atoms with van der Waals surface area (Å²) in [5, 5.41) is 3.79. The molecular formula is C14H22N2O. The average molecular weight is 234 g/mol. The Morgan fingerprint density at radius 2 is 2.29 bits per heavy atom. The molecule has 17 heavy (non-hydrogen) atoms. The molecule has 0 spiro atoms. The molecule has 1 aromatic heterocycles. The number of hydrogen-bond acceptors (Lipinski definition) is 3. The van der Waals surface area contributed by atoms with Crippen LogP contribution in [0.25, 0.3) is 0 Å². The van der Waals surface area contributed by atoms with E-state index in [1.54, 1.807) is 6.26 Å². The fourth-order valence-corrected chi connectivity index (χ4v) is 3.31. The van der Waals surface area contributed by atoms with Gasteiger partial charge in [0.25, 0.3) is 0 Å². The number of piperidine rings is 3. The van der Waals surface area contributed by atoms with Gasteiger partial charge in [-0.2, -0.15) is 0 Å². The van der Waals surface area contributed by atoms with Crippen LogP contribution in [0, 0.1) is 5.92 Å². The van der Waals surface area contributed by atoms with Crippen LogP contribution in [-0.4, -0.2) is 36.6 Å². The van der Waals surface area contributed by atoms with Gasteiger partial charge in [0, 0.05) is 25.0 Å². The Labute approximate surface area is 103 Å². The highest BCUT2D eigenvalue weighted by atomic mass is 16.3. The molecule has 3 heteroatoms. The fraction of sp³-hybridized carbons (Fsp3) is 0.714. The third-order valence-corrected chi connectivity index (χ3v) is 4.24. The second-order valence-electron chi connectivity index (χ2n) is 5.60. The lowest BCUT2D eigenvalue weighted by molar-refractivity contribution is 0.0677. The zero-order valence-electron chi connectivity index (χ0n) is 10.6. The fourth-order valence-electron chi connectivity index (χ4n) is 3.31. The number of rotatable bonds is 4. The molecule has 94 valence electrons.